The number of aliphatic hydroxyl groups is 1. The monoisotopic (exact) mass is 284 g/mol. The average molecular weight is 284 g/mol. The molecule has 0 fully saturated rings. The highest BCUT2D eigenvalue weighted by atomic mass is 32.1. The Morgan fingerprint density at radius 1 is 1.37 bits per heavy atom. The zero-order chi connectivity index (χ0) is 13.5. The molecule has 0 aliphatic heterocycles. The van der Waals surface area contributed by atoms with Crippen LogP contribution in [0.2, 0.25) is 0 Å². The number of aliphatic hydroxyl groups excluding tert-OH is 1. The molecule has 1 atom stereocenters. The molecule has 1 aromatic heterocycles. The average Bonchev–Trinajstić information content (AvgIpc) is 2.86. The van der Waals surface area contributed by atoms with Crippen LogP contribution >= 0.6 is 11.3 Å². The first-order valence-electron chi connectivity index (χ1n) is 7.21. The molecule has 4 nitrogen and oxygen atoms in total. The van der Waals surface area contributed by atoms with E-state index in [4.69, 9.17) is 14.8 Å². The van der Waals surface area contributed by atoms with Crippen LogP contribution in [0.5, 0.6) is 0 Å². The van der Waals surface area contributed by atoms with Gasteiger partial charge in [-0.25, -0.2) is 4.98 Å². The van der Waals surface area contributed by atoms with E-state index in [1.807, 2.05) is 11.3 Å². The molecule has 0 amide bonds. The first kappa shape index (κ1) is 14.9. The van der Waals surface area contributed by atoms with Crippen molar-refractivity contribution in [3.8, 4) is 0 Å². The molecule has 5 heteroatoms. The third-order valence-electron chi connectivity index (χ3n) is 3.38. The van der Waals surface area contributed by atoms with E-state index in [9.17, 15) is 0 Å². The molecule has 0 saturated carbocycles. The Hall–Kier alpha value is -0.490. The van der Waals surface area contributed by atoms with Crippen molar-refractivity contribution in [3.05, 3.63) is 15.6 Å². The zero-order valence-electron chi connectivity index (χ0n) is 11.7. The maximum Gasteiger partial charge on any atom is 0.110 e. The highest BCUT2D eigenvalue weighted by Crippen LogP contribution is 2.29. The summed E-state index contributed by atoms with van der Waals surface area (Å²) in [6.45, 7) is 4.35. The van der Waals surface area contributed by atoms with Gasteiger partial charge in [0.05, 0.1) is 24.9 Å². The Balaban J connectivity index is 1.70. The zero-order valence-corrected chi connectivity index (χ0v) is 12.5. The van der Waals surface area contributed by atoms with Crippen molar-refractivity contribution in [1.29, 1.82) is 0 Å². The summed E-state index contributed by atoms with van der Waals surface area (Å²) in [5, 5.41) is 13.3. The van der Waals surface area contributed by atoms with Crippen molar-refractivity contribution in [2.45, 2.75) is 45.1 Å². The minimum atomic E-state index is 0.106. The van der Waals surface area contributed by atoms with Crippen molar-refractivity contribution < 1.29 is 9.84 Å². The van der Waals surface area contributed by atoms with E-state index in [0.29, 0.717) is 19.3 Å². The van der Waals surface area contributed by atoms with Crippen LogP contribution in [0.1, 0.15) is 47.8 Å². The number of hydrogen-bond donors (Lipinski definition) is 2. The molecular weight excluding hydrogens is 260 g/mol. The fraction of sp³-hybridized carbons (Fsp3) is 0.786. The second kappa shape index (κ2) is 7.94. The van der Waals surface area contributed by atoms with Crippen LogP contribution in [0.25, 0.3) is 0 Å². The number of nitrogens with zero attached hydrogens (tertiary/aromatic N) is 1. The van der Waals surface area contributed by atoms with E-state index in [2.05, 4.69) is 12.2 Å². The van der Waals surface area contributed by atoms with Crippen LogP contribution in [0.4, 0.5) is 0 Å². The molecule has 19 heavy (non-hydrogen) atoms. The van der Waals surface area contributed by atoms with Gasteiger partial charge in [-0.1, -0.05) is 0 Å². The molecule has 0 saturated heterocycles. The van der Waals surface area contributed by atoms with E-state index in [0.717, 1.165) is 19.4 Å². The molecule has 2 N–H and O–H groups in total. The van der Waals surface area contributed by atoms with Gasteiger partial charge in [-0.2, -0.15) is 0 Å². The van der Waals surface area contributed by atoms with Gasteiger partial charge in [0.1, 0.15) is 5.01 Å². The van der Waals surface area contributed by atoms with Crippen LogP contribution in [0.3, 0.4) is 0 Å². The molecule has 2 rings (SSSR count). The lowest BCUT2D eigenvalue weighted by atomic mass is 10.0. The third-order valence-corrected chi connectivity index (χ3v) is 4.72. The van der Waals surface area contributed by atoms with E-state index < -0.39 is 0 Å². The Labute approximate surface area is 119 Å². The number of fused-ring (bicyclic) bond motifs is 1. The van der Waals surface area contributed by atoms with E-state index in [1.54, 1.807) is 0 Å². The van der Waals surface area contributed by atoms with E-state index >= 15 is 0 Å². The maximum atomic E-state index is 8.59. The van der Waals surface area contributed by atoms with Crippen molar-refractivity contribution >= 4 is 11.3 Å². The number of thiazole rings is 1. The van der Waals surface area contributed by atoms with Crippen molar-refractivity contribution in [2.75, 3.05) is 26.4 Å². The van der Waals surface area contributed by atoms with Crippen LogP contribution in [0, 0.1) is 0 Å². The summed E-state index contributed by atoms with van der Waals surface area (Å²) in [7, 11) is 0. The highest BCUT2D eigenvalue weighted by Gasteiger charge is 2.17. The van der Waals surface area contributed by atoms with Gasteiger partial charge in [0.2, 0.25) is 0 Å². The summed E-state index contributed by atoms with van der Waals surface area (Å²) < 4.78 is 5.23. The number of ether oxygens (including phenoxy) is 1. The summed E-state index contributed by atoms with van der Waals surface area (Å²) in [5.41, 5.74) is 1.34. The normalized spacial score (nSPS) is 16.3. The fourth-order valence-corrected chi connectivity index (χ4v) is 3.48. The first-order valence-corrected chi connectivity index (χ1v) is 8.03. The summed E-state index contributed by atoms with van der Waals surface area (Å²) >= 11 is 1.88. The lowest BCUT2D eigenvalue weighted by Gasteiger charge is -2.10. The summed E-state index contributed by atoms with van der Waals surface area (Å²) in [6, 6.07) is 0.327. The number of aryl methyl sites for hydroxylation is 2. The number of hydrogen-bond acceptors (Lipinski definition) is 5. The largest absolute Gasteiger partial charge is 0.394 e. The Kier molecular flexibility index (Phi) is 6.23. The smallest absolute Gasteiger partial charge is 0.110 e. The number of nitrogens with one attached hydrogen (secondary N) is 1. The number of rotatable bonds is 8. The quantitative estimate of drug-likeness (QED) is 0.718. The second-order valence-corrected chi connectivity index (χ2v) is 6.11. The molecule has 0 radical (unpaired) electrons. The van der Waals surface area contributed by atoms with Crippen molar-refractivity contribution in [1.82, 2.24) is 10.3 Å². The lowest BCUT2D eigenvalue weighted by molar-refractivity contribution is 0.0904. The Morgan fingerprint density at radius 3 is 3.00 bits per heavy atom. The van der Waals surface area contributed by atoms with E-state index in [1.165, 1.54) is 34.8 Å². The molecule has 0 spiro atoms. The van der Waals surface area contributed by atoms with Crippen molar-refractivity contribution in [2.24, 2.45) is 0 Å². The van der Waals surface area contributed by atoms with Gasteiger partial charge in [-0.3, -0.25) is 0 Å². The standard InChI is InChI=1S/C14H24N2O2S/c1-11(15-7-4-9-18-10-8-17)14-16-12-5-2-3-6-13(12)19-14/h11,15,17H,2-10H2,1H3. The number of aromatic nitrogens is 1. The summed E-state index contributed by atoms with van der Waals surface area (Å²) in [5.74, 6) is 0. The lowest BCUT2D eigenvalue weighted by Crippen LogP contribution is -2.21. The predicted molar refractivity (Wildman–Crippen MR) is 77.7 cm³/mol. The molecule has 108 valence electrons. The third kappa shape index (κ3) is 4.53. The topological polar surface area (TPSA) is 54.4 Å². The first-order chi connectivity index (χ1) is 9.31. The summed E-state index contributed by atoms with van der Waals surface area (Å²) in [6.07, 6.45) is 5.95. The van der Waals surface area contributed by atoms with Gasteiger partial charge in [-0.15, -0.1) is 11.3 Å². The van der Waals surface area contributed by atoms with E-state index in [-0.39, 0.29) is 6.61 Å². The molecule has 1 unspecified atom stereocenters. The minimum Gasteiger partial charge on any atom is -0.394 e. The molecule has 1 aliphatic rings. The molecule has 1 aromatic rings. The predicted octanol–water partition coefficient (Wildman–Crippen LogP) is 2.07. The van der Waals surface area contributed by atoms with Crippen LogP contribution in [0.15, 0.2) is 0 Å². The van der Waals surface area contributed by atoms with Crippen LogP contribution in [-0.2, 0) is 17.6 Å². The molecular formula is C14H24N2O2S. The van der Waals surface area contributed by atoms with Crippen LogP contribution < -0.4 is 5.32 Å². The molecule has 0 aromatic carbocycles. The van der Waals surface area contributed by atoms with Gasteiger partial charge in [0, 0.05) is 11.5 Å². The van der Waals surface area contributed by atoms with Gasteiger partial charge < -0.3 is 15.2 Å². The Bertz CT molecular complexity index is 358. The second-order valence-electron chi connectivity index (χ2n) is 4.99. The summed E-state index contributed by atoms with van der Waals surface area (Å²) in [4.78, 5) is 6.27. The minimum absolute atomic E-state index is 0.106. The Morgan fingerprint density at radius 2 is 2.21 bits per heavy atom. The van der Waals surface area contributed by atoms with Crippen molar-refractivity contribution in [3.63, 3.8) is 0 Å². The van der Waals surface area contributed by atoms with Gasteiger partial charge in [-0.05, 0) is 45.6 Å². The molecule has 0 bridgehead atoms. The SMILES string of the molecule is CC(NCCCOCCO)c1nc2c(s1)CCCC2. The van der Waals surface area contributed by atoms with Crippen LogP contribution in [-0.4, -0.2) is 36.5 Å². The van der Waals surface area contributed by atoms with Gasteiger partial charge in [0.25, 0.3) is 0 Å². The highest BCUT2D eigenvalue weighted by molar-refractivity contribution is 7.11. The van der Waals surface area contributed by atoms with Gasteiger partial charge >= 0.3 is 0 Å². The maximum absolute atomic E-state index is 8.59. The molecule has 1 heterocycles. The fourth-order valence-electron chi connectivity index (χ4n) is 2.30. The van der Waals surface area contributed by atoms with Gasteiger partial charge in [0.15, 0.2) is 0 Å². The molecule has 1 aliphatic carbocycles.